The van der Waals surface area contributed by atoms with Crippen LogP contribution in [0.15, 0.2) is 53.9 Å². The van der Waals surface area contributed by atoms with Crippen LogP contribution in [0.25, 0.3) is 0 Å². The molecule has 0 saturated carbocycles. The van der Waals surface area contributed by atoms with Gasteiger partial charge in [0.15, 0.2) is 0 Å². The van der Waals surface area contributed by atoms with Crippen molar-refractivity contribution in [1.82, 2.24) is 4.98 Å². The Morgan fingerprint density at radius 3 is 2.42 bits per heavy atom. The third-order valence-corrected chi connectivity index (χ3v) is 4.57. The summed E-state index contributed by atoms with van der Waals surface area (Å²) >= 11 is 1.44. The summed E-state index contributed by atoms with van der Waals surface area (Å²) in [5, 5.41) is 5.33. The van der Waals surface area contributed by atoms with Gasteiger partial charge in [-0.25, -0.2) is 4.98 Å². The minimum Gasteiger partial charge on any atom is -0.497 e. The Morgan fingerprint density at radius 1 is 1.12 bits per heavy atom. The van der Waals surface area contributed by atoms with Crippen molar-refractivity contribution in [2.75, 3.05) is 12.4 Å². The van der Waals surface area contributed by atoms with Gasteiger partial charge >= 0.3 is 0 Å². The summed E-state index contributed by atoms with van der Waals surface area (Å²) in [6, 6.07) is 14.1. The summed E-state index contributed by atoms with van der Waals surface area (Å²) in [4.78, 5) is 27.8. The molecular weight excluding hydrogens is 350 g/mol. The molecule has 1 heterocycles. The standard InChI is InChI=1S/C19H17N3O3S/c1-25-15-8-2-12(3-9-15)10-17-22-16(11-26-17)19(24)21-14-6-4-13(5-7-14)18(20)23/h2-9,11H,10H2,1H3,(H2,20,23)(H,21,24). The van der Waals surface area contributed by atoms with Crippen molar-refractivity contribution in [3.8, 4) is 5.75 Å². The van der Waals surface area contributed by atoms with Crippen LogP contribution < -0.4 is 15.8 Å². The molecule has 132 valence electrons. The Bertz CT molecular complexity index is 918. The highest BCUT2D eigenvalue weighted by molar-refractivity contribution is 7.09. The topological polar surface area (TPSA) is 94.3 Å². The number of hydrogen-bond donors (Lipinski definition) is 2. The number of anilines is 1. The molecule has 6 nitrogen and oxygen atoms in total. The Balaban J connectivity index is 1.64. The Labute approximate surface area is 154 Å². The molecule has 2 amide bonds. The molecule has 0 radical (unpaired) electrons. The molecule has 0 aliphatic rings. The van der Waals surface area contributed by atoms with E-state index in [-0.39, 0.29) is 5.91 Å². The van der Waals surface area contributed by atoms with Crippen LogP contribution in [0.3, 0.4) is 0 Å². The van der Waals surface area contributed by atoms with E-state index in [4.69, 9.17) is 10.5 Å². The fourth-order valence-electron chi connectivity index (χ4n) is 2.33. The van der Waals surface area contributed by atoms with Crippen molar-refractivity contribution in [2.24, 2.45) is 5.73 Å². The minimum atomic E-state index is -0.509. The lowest BCUT2D eigenvalue weighted by molar-refractivity contribution is 0.0998. The number of thiazole rings is 1. The zero-order chi connectivity index (χ0) is 18.5. The molecule has 0 unspecified atom stereocenters. The molecular formula is C19H17N3O3S. The van der Waals surface area contributed by atoms with E-state index < -0.39 is 5.91 Å². The van der Waals surface area contributed by atoms with Crippen LogP contribution in [0, 0.1) is 0 Å². The zero-order valence-electron chi connectivity index (χ0n) is 14.1. The van der Waals surface area contributed by atoms with E-state index in [1.807, 2.05) is 24.3 Å². The van der Waals surface area contributed by atoms with Gasteiger partial charge in [-0.15, -0.1) is 11.3 Å². The van der Waals surface area contributed by atoms with Crippen molar-refractivity contribution < 1.29 is 14.3 Å². The van der Waals surface area contributed by atoms with Gasteiger partial charge in [0.25, 0.3) is 5.91 Å². The molecule has 0 spiro atoms. The molecule has 3 N–H and O–H groups in total. The minimum absolute atomic E-state index is 0.297. The molecule has 26 heavy (non-hydrogen) atoms. The summed E-state index contributed by atoms with van der Waals surface area (Å²) in [6.07, 6.45) is 0.648. The first-order chi connectivity index (χ1) is 12.5. The Kier molecular flexibility index (Phi) is 5.28. The molecule has 0 aliphatic carbocycles. The van der Waals surface area contributed by atoms with Crippen LogP contribution in [0.2, 0.25) is 0 Å². The molecule has 1 aromatic heterocycles. The molecule has 0 fully saturated rings. The number of carbonyl (C=O) groups excluding carboxylic acids is 2. The lowest BCUT2D eigenvalue weighted by Gasteiger charge is -2.04. The van der Waals surface area contributed by atoms with E-state index in [9.17, 15) is 9.59 Å². The molecule has 3 aromatic rings. The van der Waals surface area contributed by atoms with Crippen molar-refractivity contribution in [2.45, 2.75) is 6.42 Å². The number of nitrogens with zero attached hydrogens (tertiary/aromatic N) is 1. The maximum atomic E-state index is 12.3. The monoisotopic (exact) mass is 367 g/mol. The van der Waals surface area contributed by atoms with E-state index in [2.05, 4.69) is 10.3 Å². The van der Waals surface area contributed by atoms with Gasteiger partial charge in [0.1, 0.15) is 11.4 Å². The predicted octanol–water partition coefficient (Wildman–Crippen LogP) is 3.09. The fraction of sp³-hybridized carbons (Fsp3) is 0.105. The summed E-state index contributed by atoms with van der Waals surface area (Å²) in [5.74, 6) is -0.00471. The second-order valence-electron chi connectivity index (χ2n) is 5.55. The third kappa shape index (κ3) is 4.25. The number of carbonyl (C=O) groups is 2. The van der Waals surface area contributed by atoms with Crippen molar-refractivity contribution >= 4 is 28.8 Å². The summed E-state index contributed by atoms with van der Waals surface area (Å²) in [6.45, 7) is 0. The summed E-state index contributed by atoms with van der Waals surface area (Å²) in [5.41, 5.74) is 7.61. The van der Waals surface area contributed by atoms with Crippen molar-refractivity contribution in [1.29, 1.82) is 0 Å². The lowest BCUT2D eigenvalue weighted by atomic mass is 10.1. The zero-order valence-corrected chi connectivity index (χ0v) is 14.9. The van der Waals surface area contributed by atoms with E-state index in [1.54, 1.807) is 36.8 Å². The van der Waals surface area contributed by atoms with Crippen LogP contribution in [0.1, 0.15) is 31.4 Å². The van der Waals surface area contributed by atoms with Gasteiger partial charge in [0.05, 0.1) is 12.1 Å². The quantitative estimate of drug-likeness (QED) is 0.700. The highest BCUT2D eigenvalue weighted by Crippen LogP contribution is 2.18. The highest BCUT2D eigenvalue weighted by Gasteiger charge is 2.12. The van der Waals surface area contributed by atoms with E-state index in [0.717, 1.165) is 16.3 Å². The number of hydrogen-bond acceptors (Lipinski definition) is 5. The SMILES string of the molecule is COc1ccc(Cc2nc(C(=O)Nc3ccc(C(N)=O)cc3)cs2)cc1. The van der Waals surface area contributed by atoms with Crippen molar-refractivity contribution in [3.63, 3.8) is 0 Å². The van der Waals surface area contributed by atoms with E-state index >= 15 is 0 Å². The van der Waals surface area contributed by atoms with Crippen LogP contribution in [-0.4, -0.2) is 23.9 Å². The predicted molar refractivity (Wildman–Crippen MR) is 101 cm³/mol. The van der Waals surface area contributed by atoms with Crippen LogP contribution >= 0.6 is 11.3 Å². The molecule has 0 saturated heterocycles. The maximum Gasteiger partial charge on any atom is 0.275 e. The fourth-order valence-corrected chi connectivity index (χ4v) is 3.14. The largest absolute Gasteiger partial charge is 0.497 e. The number of nitrogens with one attached hydrogen (secondary N) is 1. The number of aromatic nitrogens is 1. The van der Waals surface area contributed by atoms with Crippen LogP contribution in [0.5, 0.6) is 5.75 Å². The van der Waals surface area contributed by atoms with Gasteiger partial charge in [-0.2, -0.15) is 0 Å². The number of primary amides is 1. The van der Waals surface area contributed by atoms with E-state index in [1.165, 1.54) is 11.3 Å². The van der Waals surface area contributed by atoms with Crippen molar-refractivity contribution in [3.05, 3.63) is 75.7 Å². The second kappa shape index (κ2) is 7.79. The molecule has 0 bridgehead atoms. The molecule has 2 aromatic carbocycles. The molecule has 0 atom stereocenters. The second-order valence-corrected chi connectivity index (χ2v) is 6.49. The average molecular weight is 367 g/mol. The van der Waals surface area contributed by atoms with Gasteiger partial charge < -0.3 is 15.8 Å². The Hall–Kier alpha value is -3.19. The Morgan fingerprint density at radius 2 is 1.81 bits per heavy atom. The number of nitrogens with two attached hydrogens (primary N) is 1. The normalized spacial score (nSPS) is 10.3. The molecule has 0 aliphatic heterocycles. The number of methoxy groups -OCH3 is 1. The number of benzene rings is 2. The smallest absolute Gasteiger partial charge is 0.275 e. The number of rotatable bonds is 6. The van der Waals surface area contributed by atoms with Gasteiger partial charge in [-0.1, -0.05) is 12.1 Å². The van der Waals surface area contributed by atoms with E-state index in [0.29, 0.717) is 23.4 Å². The van der Waals surface area contributed by atoms with Gasteiger partial charge in [-0.3, -0.25) is 9.59 Å². The highest BCUT2D eigenvalue weighted by atomic mass is 32.1. The summed E-state index contributed by atoms with van der Waals surface area (Å²) in [7, 11) is 1.63. The maximum absolute atomic E-state index is 12.3. The van der Waals surface area contributed by atoms with Gasteiger partial charge in [0, 0.05) is 23.1 Å². The molecule has 7 heteroatoms. The van der Waals surface area contributed by atoms with Gasteiger partial charge in [0.2, 0.25) is 5.91 Å². The molecule has 3 rings (SSSR count). The first-order valence-corrected chi connectivity index (χ1v) is 8.71. The number of ether oxygens (including phenoxy) is 1. The van der Waals surface area contributed by atoms with Crippen LogP contribution in [-0.2, 0) is 6.42 Å². The average Bonchev–Trinajstić information content (AvgIpc) is 3.11. The first-order valence-electron chi connectivity index (χ1n) is 7.83. The first kappa shape index (κ1) is 17.6. The summed E-state index contributed by atoms with van der Waals surface area (Å²) < 4.78 is 5.14. The van der Waals surface area contributed by atoms with Crippen LogP contribution in [0.4, 0.5) is 5.69 Å². The van der Waals surface area contributed by atoms with Gasteiger partial charge in [-0.05, 0) is 42.0 Å². The third-order valence-electron chi connectivity index (χ3n) is 3.73. The number of amides is 2. The lowest BCUT2D eigenvalue weighted by Crippen LogP contribution is -2.13.